The van der Waals surface area contributed by atoms with E-state index in [9.17, 15) is 9.90 Å². The zero-order chi connectivity index (χ0) is 17.9. The number of hydrogen-bond donors (Lipinski definition) is 3. The molecule has 4 N–H and O–H groups in total. The van der Waals surface area contributed by atoms with E-state index in [1.807, 2.05) is 32.2 Å². The average Bonchev–Trinajstić information content (AvgIpc) is 2.56. The van der Waals surface area contributed by atoms with E-state index in [-0.39, 0.29) is 12.3 Å². The van der Waals surface area contributed by atoms with E-state index in [1.165, 1.54) is 11.1 Å². The Bertz CT molecular complexity index is 754. The lowest BCUT2D eigenvalue weighted by Crippen LogP contribution is -2.12. The van der Waals surface area contributed by atoms with Crippen LogP contribution in [0.1, 0.15) is 47.1 Å². The molecule has 4 heteroatoms. The van der Waals surface area contributed by atoms with Crippen LogP contribution >= 0.6 is 0 Å². The van der Waals surface area contributed by atoms with Crippen LogP contribution in [0.5, 0.6) is 0 Å². The van der Waals surface area contributed by atoms with Crippen molar-refractivity contribution in [3.05, 3.63) is 58.1 Å². The van der Waals surface area contributed by atoms with E-state index in [2.05, 4.69) is 31.3 Å². The summed E-state index contributed by atoms with van der Waals surface area (Å²) in [5.41, 5.74) is 13.2. The third-order valence-corrected chi connectivity index (χ3v) is 4.74. The SMILES string of the molecule is CCc1cc([C@@H](CC(=O)O)c2ccc(NC)c(N)c2C)ccc1C. The Morgan fingerprint density at radius 3 is 2.54 bits per heavy atom. The van der Waals surface area contributed by atoms with E-state index in [1.54, 1.807) is 0 Å². The highest BCUT2D eigenvalue weighted by Gasteiger charge is 2.22. The van der Waals surface area contributed by atoms with Gasteiger partial charge in [0.1, 0.15) is 0 Å². The van der Waals surface area contributed by atoms with Gasteiger partial charge in [0.2, 0.25) is 0 Å². The maximum absolute atomic E-state index is 11.5. The molecule has 1 atom stereocenters. The maximum atomic E-state index is 11.5. The molecule has 0 aliphatic rings. The summed E-state index contributed by atoms with van der Waals surface area (Å²) in [6, 6.07) is 10.1. The van der Waals surface area contributed by atoms with Crippen LogP contribution in [0.4, 0.5) is 11.4 Å². The first-order chi connectivity index (χ1) is 11.4. The summed E-state index contributed by atoms with van der Waals surface area (Å²) in [5, 5.41) is 12.5. The molecule has 0 aromatic heterocycles. The molecule has 2 aromatic carbocycles. The predicted octanol–water partition coefficient (Wildman–Crippen LogP) is 4.10. The monoisotopic (exact) mass is 326 g/mol. The Morgan fingerprint density at radius 2 is 1.96 bits per heavy atom. The fraction of sp³-hybridized carbons (Fsp3) is 0.350. The standard InChI is InChI=1S/C20H26N2O2/c1-5-14-10-15(7-6-12(14)2)17(11-19(23)24)16-8-9-18(22-4)20(21)13(16)3/h6-10,17,22H,5,11,21H2,1-4H3,(H,23,24)/t17-/m1/s1. The smallest absolute Gasteiger partial charge is 0.304 e. The second kappa shape index (κ2) is 7.39. The maximum Gasteiger partial charge on any atom is 0.304 e. The molecule has 0 unspecified atom stereocenters. The zero-order valence-corrected chi connectivity index (χ0v) is 14.8. The summed E-state index contributed by atoms with van der Waals surface area (Å²) in [4.78, 5) is 11.5. The van der Waals surface area contributed by atoms with Crippen molar-refractivity contribution in [3.8, 4) is 0 Å². The van der Waals surface area contributed by atoms with E-state index >= 15 is 0 Å². The number of aliphatic carboxylic acids is 1. The minimum absolute atomic E-state index is 0.0470. The largest absolute Gasteiger partial charge is 0.481 e. The number of nitrogens with one attached hydrogen (secondary N) is 1. The van der Waals surface area contributed by atoms with Crippen LogP contribution in [-0.4, -0.2) is 18.1 Å². The van der Waals surface area contributed by atoms with Gasteiger partial charge in [-0.05, 0) is 54.2 Å². The Kier molecular flexibility index (Phi) is 5.50. The van der Waals surface area contributed by atoms with E-state index in [0.29, 0.717) is 5.69 Å². The fourth-order valence-corrected chi connectivity index (χ4v) is 3.21. The first kappa shape index (κ1) is 17.9. The van der Waals surface area contributed by atoms with Crippen molar-refractivity contribution in [2.45, 2.75) is 39.5 Å². The predicted molar refractivity (Wildman–Crippen MR) is 99.8 cm³/mol. The third-order valence-electron chi connectivity index (χ3n) is 4.74. The summed E-state index contributed by atoms with van der Waals surface area (Å²) in [5.74, 6) is -1.02. The van der Waals surface area contributed by atoms with Crippen LogP contribution in [0.3, 0.4) is 0 Å². The van der Waals surface area contributed by atoms with Gasteiger partial charge in [-0.3, -0.25) is 4.79 Å². The lowest BCUT2D eigenvalue weighted by atomic mass is 9.84. The van der Waals surface area contributed by atoms with Crippen molar-refractivity contribution in [3.63, 3.8) is 0 Å². The number of carboxylic acids is 1. The molecule has 0 aliphatic heterocycles. The molecular weight excluding hydrogens is 300 g/mol. The van der Waals surface area contributed by atoms with Crippen LogP contribution in [0, 0.1) is 13.8 Å². The number of nitrogens with two attached hydrogens (primary N) is 1. The second-order valence-corrected chi connectivity index (χ2v) is 6.18. The zero-order valence-electron chi connectivity index (χ0n) is 14.8. The third kappa shape index (κ3) is 3.53. The number of rotatable bonds is 6. The first-order valence-electron chi connectivity index (χ1n) is 8.26. The highest BCUT2D eigenvalue weighted by atomic mass is 16.4. The van der Waals surface area contributed by atoms with Gasteiger partial charge < -0.3 is 16.2 Å². The molecule has 4 nitrogen and oxygen atoms in total. The lowest BCUT2D eigenvalue weighted by molar-refractivity contribution is -0.137. The molecule has 24 heavy (non-hydrogen) atoms. The quantitative estimate of drug-likeness (QED) is 0.699. The molecule has 0 amide bonds. The van der Waals surface area contributed by atoms with Gasteiger partial charge in [-0.2, -0.15) is 0 Å². The van der Waals surface area contributed by atoms with Crippen LogP contribution in [0.2, 0.25) is 0 Å². The lowest BCUT2D eigenvalue weighted by Gasteiger charge is -2.22. The van der Waals surface area contributed by atoms with Crippen molar-refractivity contribution >= 4 is 17.3 Å². The van der Waals surface area contributed by atoms with Gasteiger partial charge >= 0.3 is 5.97 Å². The van der Waals surface area contributed by atoms with Gasteiger partial charge in [0.05, 0.1) is 17.8 Å². The molecule has 0 spiro atoms. The Labute approximate surface area is 143 Å². The molecule has 0 fully saturated rings. The van der Waals surface area contributed by atoms with Crippen LogP contribution in [0.25, 0.3) is 0 Å². The van der Waals surface area contributed by atoms with Gasteiger partial charge in [-0.25, -0.2) is 0 Å². The number of aryl methyl sites for hydroxylation is 2. The molecule has 0 saturated heterocycles. The molecular formula is C20H26N2O2. The molecule has 0 aliphatic carbocycles. The van der Waals surface area contributed by atoms with Crippen LogP contribution in [-0.2, 0) is 11.2 Å². The molecule has 0 heterocycles. The summed E-state index contributed by atoms with van der Waals surface area (Å²) in [6.07, 6.45) is 0.977. The number of carboxylic acid groups (broad SMARTS) is 1. The number of hydrogen-bond acceptors (Lipinski definition) is 3. The number of benzene rings is 2. The van der Waals surface area contributed by atoms with Gasteiger partial charge in [0, 0.05) is 13.0 Å². The van der Waals surface area contributed by atoms with Crippen molar-refractivity contribution < 1.29 is 9.90 Å². The van der Waals surface area contributed by atoms with E-state index in [4.69, 9.17) is 5.73 Å². The summed E-state index contributed by atoms with van der Waals surface area (Å²) < 4.78 is 0. The van der Waals surface area contributed by atoms with Crippen molar-refractivity contribution in [1.82, 2.24) is 0 Å². The van der Waals surface area contributed by atoms with Gasteiger partial charge in [-0.1, -0.05) is 31.2 Å². The van der Waals surface area contributed by atoms with Crippen molar-refractivity contribution in [2.24, 2.45) is 0 Å². The normalized spacial score (nSPS) is 12.0. The number of nitrogen functional groups attached to an aromatic ring is 1. The number of carbonyl (C=O) groups is 1. The Balaban J connectivity index is 2.58. The average molecular weight is 326 g/mol. The topological polar surface area (TPSA) is 75.3 Å². The second-order valence-electron chi connectivity index (χ2n) is 6.18. The highest BCUT2D eigenvalue weighted by molar-refractivity contribution is 5.74. The number of anilines is 2. The highest BCUT2D eigenvalue weighted by Crippen LogP contribution is 2.36. The molecule has 0 bridgehead atoms. The first-order valence-corrected chi connectivity index (χ1v) is 8.26. The Morgan fingerprint density at radius 1 is 1.25 bits per heavy atom. The van der Waals surface area contributed by atoms with Crippen molar-refractivity contribution in [1.29, 1.82) is 0 Å². The van der Waals surface area contributed by atoms with E-state index < -0.39 is 5.97 Å². The molecule has 2 aromatic rings. The molecule has 128 valence electrons. The van der Waals surface area contributed by atoms with Gasteiger partial charge in [0.25, 0.3) is 0 Å². The molecule has 0 radical (unpaired) electrons. The van der Waals surface area contributed by atoms with E-state index in [0.717, 1.165) is 28.8 Å². The summed E-state index contributed by atoms with van der Waals surface area (Å²) >= 11 is 0. The minimum atomic E-state index is -0.811. The Hall–Kier alpha value is -2.49. The summed E-state index contributed by atoms with van der Waals surface area (Å²) in [7, 11) is 1.83. The molecule has 0 saturated carbocycles. The minimum Gasteiger partial charge on any atom is -0.481 e. The van der Waals surface area contributed by atoms with Crippen LogP contribution < -0.4 is 11.1 Å². The fourth-order valence-electron chi connectivity index (χ4n) is 3.21. The van der Waals surface area contributed by atoms with Gasteiger partial charge in [-0.15, -0.1) is 0 Å². The van der Waals surface area contributed by atoms with Crippen molar-refractivity contribution in [2.75, 3.05) is 18.1 Å². The molecule has 2 rings (SSSR count). The van der Waals surface area contributed by atoms with Gasteiger partial charge in [0.15, 0.2) is 0 Å². The summed E-state index contributed by atoms with van der Waals surface area (Å²) in [6.45, 7) is 6.15. The van der Waals surface area contributed by atoms with Crippen LogP contribution in [0.15, 0.2) is 30.3 Å².